The van der Waals surface area contributed by atoms with Gasteiger partial charge >= 0.3 is 0 Å². The summed E-state index contributed by atoms with van der Waals surface area (Å²) in [5.74, 6) is 0. The SMILES string of the molecule is CCCCCCCCOP(OCCCCCCCC)c1ccc(C)cc1. The van der Waals surface area contributed by atoms with E-state index in [9.17, 15) is 0 Å². The summed E-state index contributed by atoms with van der Waals surface area (Å²) in [5, 5.41) is 1.21. The molecule has 0 amide bonds. The normalized spacial score (nSPS) is 11.4. The van der Waals surface area contributed by atoms with Crippen molar-refractivity contribution in [2.24, 2.45) is 0 Å². The van der Waals surface area contributed by atoms with E-state index < -0.39 is 8.38 Å². The zero-order valence-corrected chi connectivity index (χ0v) is 18.4. The molecule has 0 heterocycles. The van der Waals surface area contributed by atoms with Crippen LogP contribution in [-0.2, 0) is 9.05 Å². The smallest absolute Gasteiger partial charge is 0.205 e. The monoisotopic (exact) mass is 380 g/mol. The van der Waals surface area contributed by atoms with Crippen LogP contribution in [0.2, 0.25) is 0 Å². The molecule has 0 atom stereocenters. The first-order valence-corrected chi connectivity index (χ1v) is 12.1. The van der Waals surface area contributed by atoms with E-state index >= 15 is 0 Å². The standard InChI is InChI=1S/C23H41O2P/c1-4-6-8-10-12-14-20-24-26(23-18-16-22(3)17-19-23)25-21-15-13-11-9-7-5-2/h16-19H,4-15,20-21H2,1-3H3. The lowest BCUT2D eigenvalue weighted by Gasteiger charge is -2.18. The molecule has 0 N–H and O–H groups in total. The summed E-state index contributed by atoms with van der Waals surface area (Å²) < 4.78 is 12.3. The van der Waals surface area contributed by atoms with Gasteiger partial charge in [-0.25, -0.2) is 0 Å². The van der Waals surface area contributed by atoms with Crippen LogP contribution in [0.15, 0.2) is 24.3 Å². The number of aryl methyl sites for hydroxylation is 1. The minimum absolute atomic E-state index is 0.822. The zero-order valence-electron chi connectivity index (χ0n) is 17.5. The van der Waals surface area contributed by atoms with Crippen molar-refractivity contribution >= 4 is 13.7 Å². The first-order chi connectivity index (χ1) is 12.8. The van der Waals surface area contributed by atoms with Gasteiger partial charge in [0.1, 0.15) is 0 Å². The van der Waals surface area contributed by atoms with Gasteiger partial charge in [0.2, 0.25) is 8.38 Å². The van der Waals surface area contributed by atoms with Gasteiger partial charge < -0.3 is 9.05 Å². The second kappa shape index (κ2) is 16.7. The van der Waals surface area contributed by atoms with Gasteiger partial charge in [-0.1, -0.05) is 95.8 Å². The lowest BCUT2D eigenvalue weighted by Crippen LogP contribution is -2.07. The van der Waals surface area contributed by atoms with E-state index in [1.165, 1.54) is 75.1 Å². The topological polar surface area (TPSA) is 18.5 Å². The zero-order chi connectivity index (χ0) is 18.9. The molecule has 150 valence electrons. The van der Waals surface area contributed by atoms with E-state index in [0.717, 1.165) is 26.1 Å². The van der Waals surface area contributed by atoms with E-state index in [1.54, 1.807) is 0 Å². The van der Waals surface area contributed by atoms with Gasteiger partial charge in [0.05, 0.1) is 13.2 Å². The molecule has 1 aromatic rings. The second-order valence-electron chi connectivity index (χ2n) is 7.29. The van der Waals surface area contributed by atoms with Gasteiger partial charge in [-0.05, 0) is 31.9 Å². The van der Waals surface area contributed by atoms with Crippen molar-refractivity contribution in [3.63, 3.8) is 0 Å². The van der Waals surface area contributed by atoms with Gasteiger partial charge in [0.25, 0.3) is 0 Å². The first-order valence-electron chi connectivity index (χ1n) is 10.9. The van der Waals surface area contributed by atoms with Crippen LogP contribution in [0.1, 0.15) is 96.5 Å². The lowest BCUT2D eigenvalue weighted by atomic mass is 10.1. The average Bonchev–Trinajstić information content (AvgIpc) is 2.65. The van der Waals surface area contributed by atoms with Crippen LogP contribution < -0.4 is 5.30 Å². The van der Waals surface area contributed by atoms with Gasteiger partial charge in [0.15, 0.2) is 0 Å². The molecule has 0 fully saturated rings. The van der Waals surface area contributed by atoms with Crippen LogP contribution in [0, 0.1) is 6.92 Å². The highest BCUT2D eigenvalue weighted by atomic mass is 31.2. The van der Waals surface area contributed by atoms with Crippen LogP contribution in [0.5, 0.6) is 0 Å². The maximum Gasteiger partial charge on any atom is 0.205 e. The molecule has 1 aromatic carbocycles. The Balaban J connectivity index is 2.29. The lowest BCUT2D eigenvalue weighted by molar-refractivity contribution is 0.246. The van der Waals surface area contributed by atoms with Crippen molar-refractivity contribution < 1.29 is 9.05 Å². The predicted molar refractivity (Wildman–Crippen MR) is 116 cm³/mol. The Morgan fingerprint density at radius 1 is 0.615 bits per heavy atom. The number of unbranched alkanes of at least 4 members (excludes halogenated alkanes) is 10. The molecule has 0 aromatic heterocycles. The van der Waals surface area contributed by atoms with E-state index in [4.69, 9.17) is 9.05 Å². The molecule has 3 heteroatoms. The largest absolute Gasteiger partial charge is 0.331 e. The molecule has 0 aliphatic carbocycles. The Bertz CT molecular complexity index is 401. The summed E-state index contributed by atoms with van der Waals surface area (Å²) in [6, 6.07) is 8.66. The quantitative estimate of drug-likeness (QED) is 0.204. The molecule has 0 saturated heterocycles. The van der Waals surface area contributed by atoms with Gasteiger partial charge in [-0.3, -0.25) is 0 Å². The van der Waals surface area contributed by atoms with Crippen molar-refractivity contribution in [2.75, 3.05) is 13.2 Å². The highest BCUT2D eigenvalue weighted by Gasteiger charge is 2.13. The molecule has 1 rings (SSSR count). The van der Waals surface area contributed by atoms with Crippen molar-refractivity contribution in [1.82, 2.24) is 0 Å². The van der Waals surface area contributed by atoms with Crippen molar-refractivity contribution in [3.05, 3.63) is 29.8 Å². The average molecular weight is 381 g/mol. The van der Waals surface area contributed by atoms with E-state index in [2.05, 4.69) is 45.0 Å². The number of hydrogen-bond donors (Lipinski definition) is 0. The Kier molecular flexibility index (Phi) is 15.2. The number of benzene rings is 1. The Morgan fingerprint density at radius 3 is 1.50 bits per heavy atom. The molecule has 0 saturated carbocycles. The van der Waals surface area contributed by atoms with Crippen LogP contribution in [0.25, 0.3) is 0 Å². The predicted octanol–water partition coefficient (Wildman–Crippen LogP) is 7.69. The Labute approximate surface area is 164 Å². The molecule has 0 unspecified atom stereocenters. The molecule has 0 aliphatic rings. The molecular weight excluding hydrogens is 339 g/mol. The van der Waals surface area contributed by atoms with Gasteiger partial charge in [-0.2, -0.15) is 0 Å². The van der Waals surface area contributed by atoms with E-state index in [1.807, 2.05) is 0 Å². The summed E-state index contributed by atoms with van der Waals surface area (Å²) in [6.45, 7) is 8.29. The number of rotatable bonds is 17. The van der Waals surface area contributed by atoms with Gasteiger partial charge in [0, 0.05) is 5.30 Å². The van der Waals surface area contributed by atoms with Crippen LogP contribution in [-0.4, -0.2) is 13.2 Å². The molecular formula is C23H41O2P. The third-order valence-corrected chi connectivity index (χ3v) is 6.21. The molecule has 0 bridgehead atoms. The Hall–Kier alpha value is -0.430. The highest BCUT2D eigenvalue weighted by molar-refractivity contribution is 7.56. The van der Waals surface area contributed by atoms with Crippen molar-refractivity contribution in [3.8, 4) is 0 Å². The summed E-state index contributed by atoms with van der Waals surface area (Å²) in [7, 11) is -0.923. The molecule has 26 heavy (non-hydrogen) atoms. The molecule has 0 radical (unpaired) electrons. The third-order valence-electron chi connectivity index (χ3n) is 4.66. The van der Waals surface area contributed by atoms with Crippen LogP contribution >= 0.6 is 8.38 Å². The minimum Gasteiger partial charge on any atom is -0.331 e. The van der Waals surface area contributed by atoms with Gasteiger partial charge in [-0.15, -0.1) is 0 Å². The van der Waals surface area contributed by atoms with Crippen LogP contribution in [0.4, 0.5) is 0 Å². The third kappa shape index (κ3) is 12.0. The molecule has 0 aliphatic heterocycles. The summed E-state index contributed by atoms with van der Waals surface area (Å²) in [4.78, 5) is 0. The fourth-order valence-corrected chi connectivity index (χ4v) is 4.27. The fraction of sp³-hybridized carbons (Fsp3) is 0.739. The first kappa shape index (κ1) is 23.6. The maximum absolute atomic E-state index is 6.16. The van der Waals surface area contributed by atoms with Crippen molar-refractivity contribution in [2.45, 2.75) is 97.8 Å². The van der Waals surface area contributed by atoms with E-state index in [-0.39, 0.29) is 0 Å². The molecule has 0 spiro atoms. The fourth-order valence-electron chi connectivity index (χ4n) is 2.91. The van der Waals surface area contributed by atoms with E-state index in [0.29, 0.717) is 0 Å². The Morgan fingerprint density at radius 2 is 1.04 bits per heavy atom. The minimum atomic E-state index is -0.923. The summed E-state index contributed by atoms with van der Waals surface area (Å²) >= 11 is 0. The van der Waals surface area contributed by atoms with Crippen molar-refractivity contribution in [1.29, 1.82) is 0 Å². The number of hydrogen-bond acceptors (Lipinski definition) is 2. The summed E-state index contributed by atoms with van der Waals surface area (Å²) in [5.41, 5.74) is 1.29. The highest BCUT2D eigenvalue weighted by Crippen LogP contribution is 2.37. The molecule has 2 nitrogen and oxygen atoms in total. The summed E-state index contributed by atoms with van der Waals surface area (Å²) in [6.07, 6.45) is 15.6. The van der Waals surface area contributed by atoms with Crippen LogP contribution in [0.3, 0.4) is 0 Å². The second-order valence-corrected chi connectivity index (χ2v) is 8.84. The maximum atomic E-state index is 6.16.